The maximum atomic E-state index is 5.88. The van der Waals surface area contributed by atoms with Crippen LogP contribution in [0.4, 0.5) is 11.4 Å². The third kappa shape index (κ3) is 5.27. The van der Waals surface area contributed by atoms with E-state index in [0.717, 1.165) is 49.7 Å². The second-order valence-corrected chi connectivity index (χ2v) is 4.20. The van der Waals surface area contributed by atoms with Crippen LogP contribution in [-0.2, 0) is 4.74 Å². The lowest BCUT2D eigenvalue weighted by Crippen LogP contribution is -2.08. The predicted octanol–water partition coefficient (Wildman–Crippen LogP) is 2.90. The van der Waals surface area contributed by atoms with Crippen LogP contribution in [0.5, 0.6) is 5.75 Å². The summed E-state index contributed by atoms with van der Waals surface area (Å²) in [5.74, 6) is 0.811. The van der Waals surface area contributed by atoms with Gasteiger partial charge in [0.25, 0.3) is 0 Å². The van der Waals surface area contributed by atoms with E-state index in [-0.39, 0.29) is 0 Å². The van der Waals surface area contributed by atoms with Crippen LogP contribution in [0.15, 0.2) is 18.2 Å². The zero-order chi connectivity index (χ0) is 13.2. The molecule has 4 nitrogen and oxygen atoms in total. The summed E-state index contributed by atoms with van der Waals surface area (Å²) in [4.78, 5) is 0. The van der Waals surface area contributed by atoms with E-state index in [4.69, 9.17) is 15.2 Å². The minimum Gasteiger partial charge on any atom is -0.497 e. The monoisotopic (exact) mass is 252 g/mol. The topological polar surface area (TPSA) is 56.5 Å². The maximum absolute atomic E-state index is 5.88. The van der Waals surface area contributed by atoms with Crippen molar-refractivity contribution in [2.24, 2.45) is 0 Å². The first-order valence-electron chi connectivity index (χ1n) is 6.53. The molecule has 102 valence electrons. The highest BCUT2D eigenvalue weighted by Gasteiger charge is 2.00. The molecule has 0 radical (unpaired) electrons. The van der Waals surface area contributed by atoms with E-state index in [9.17, 15) is 0 Å². The molecule has 0 spiro atoms. The number of nitrogens with two attached hydrogens (primary N) is 1. The van der Waals surface area contributed by atoms with E-state index < -0.39 is 0 Å². The Morgan fingerprint density at radius 3 is 2.72 bits per heavy atom. The van der Waals surface area contributed by atoms with Crippen molar-refractivity contribution >= 4 is 11.4 Å². The SMILES string of the molecule is CCCCOCCCNc1cc(OC)ccc1N. The molecule has 0 aliphatic heterocycles. The van der Waals surface area contributed by atoms with Gasteiger partial charge in [-0.1, -0.05) is 13.3 Å². The summed E-state index contributed by atoms with van der Waals surface area (Å²) in [5, 5.41) is 3.29. The number of hydrogen-bond donors (Lipinski definition) is 2. The Morgan fingerprint density at radius 1 is 1.22 bits per heavy atom. The average Bonchev–Trinajstić information content (AvgIpc) is 2.39. The molecule has 0 fully saturated rings. The smallest absolute Gasteiger partial charge is 0.121 e. The van der Waals surface area contributed by atoms with Gasteiger partial charge in [0.05, 0.1) is 18.5 Å². The van der Waals surface area contributed by atoms with Gasteiger partial charge in [0.2, 0.25) is 0 Å². The van der Waals surface area contributed by atoms with Crippen molar-refractivity contribution in [2.45, 2.75) is 26.2 Å². The van der Waals surface area contributed by atoms with Crippen LogP contribution < -0.4 is 15.8 Å². The highest BCUT2D eigenvalue weighted by Crippen LogP contribution is 2.24. The van der Waals surface area contributed by atoms with Gasteiger partial charge in [-0.05, 0) is 25.0 Å². The Bertz CT molecular complexity index is 343. The van der Waals surface area contributed by atoms with Gasteiger partial charge in [-0.2, -0.15) is 0 Å². The van der Waals surface area contributed by atoms with Crippen LogP contribution in [-0.4, -0.2) is 26.9 Å². The van der Waals surface area contributed by atoms with Gasteiger partial charge in [0.15, 0.2) is 0 Å². The summed E-state index contributed by atoms with van der Waals surface area (Å²) in [7, 11) is 1.65. The quantitative estimate of drug-likeness (QED) is 0.524. The van der Waals surface area contributed by atoms with Crippen molar-refractivity contribution in [3.63, 3.8) is 0 Å². The van der Waals surface area contributed by atoms with Crippen molar-refractivity contribution in [2.75, 3.05) is 37.9 Å². The van der Waals surface area contributed by atoms with Crippen LogP contribution >= 0.6 is 0 Å². The van der Waals surface area contributed by atoms with Gasteiger partial charge in [-0.15, -0.1) is 0 Å². The van der Waals surface area contributed by atoms with Crippen LogP contribution in [0, 0.1) is 0 Å². The van der Waals surface area contributed by atoms with Crippen LogP contribution in [0.2, 0.25) is 0 Å². The summed E-state index contributed by atoms with van der Waals surface area (Å²) < 4.78 is 10.7. The first-order chi connectivity index (χ1) is 8.77. The molecule has 0 saturated heterocycles. The largest absolute Gasteiger partial charge is 0.497 e. The number of nitrogens with one attached hydrogen (secondary N) is 1. The Morgan fingerprint density at radius 2 is 2.00 bits per heavy atom. The molecule has 1 aromatic carbocycles. The second-order valence-electron chi connectivity index (χ2n) is 4.20. The average molecular weight is 252 g/mol. The number of unbranched alkanes of at least 4 members (excludes halogenated alkanes) is 1. The predicted molar refractivity (Wildman–Crippen MR) is 76.2 cm³/mol. The summed E-state index contributed by atoms with van der Waals surface area (Å²) in [6.07, 6.45) is 3.29. The summed E-state index contributed by atoms with van der Waals surface area (Å²) in [6, 6.07) is 5.61. The fourth-order valence-electron chi connectivity index (χ4n) is 1.56. The number of hydrogen-bond acceptors (Lipinski definition) is 4. The molecular weight excluding hydrogens is 228 g/mol. The summed E-state index contributed by atoms with van der Waals surface area (Å²) >= 11 is 0. The first kappa shape index (κ1) is 14.6. The van der Waals surface area contributed by atoms with Crippen molar-refractivity contribution in [1.82, 2.24) is 0 Å². The Hall–Kier alpha value is -1.42. The molecule has 4 heteroatoms. The van der Waals surface area contributed by atoms with Crippen molar-refractivity contribution in [3.05, 3.63) is 18.2 Å². The van der Waals surface area contributed by atoms with Crippen LogP contribution in [0.1, 0.15) is 26.2 Å². The zero-order valence-electron chi connectivity index (χ0n) is 11.4. The fourth-order valence-corrected chi connectivity index (χ4v) is 1.56. The standard InChI is InChI=1S/C14H24N2O2/c1-3-4-9-18-10-5-8-16-14-11-12(17-2)6-7-13(14)15/h6-7,11,16H,3-5,8-10,15H2,1-2H3. The number of nitrogen functional groups attached to an aromatic ring is 1. The lowest BCUT2D eigenvalue weighted by Gasteiger charge is -2.11. The van der Waals surface area contributed by atoms with Gasteiger partial charge in [-0.25, -0.2) is 0 Å². The van der Waals surface area contributed by atoms with Crippen LogP contribution in [0.25, 0.3) is 0 Å². The third-order valence-electron chi connectivity index (χ3n) is 2.68. The van der Waals surface area contributed by atoms with Crippen LogP contribution in [0.3, 0.4) is 0 Å². The van der Waals surface area contributed by atoms with Gasteiger partial charge >= 0.3 is 0 Å². The molecule has 1 rings (SSSR count). The molecule has 0 aromatic heterocycles. The molecule has 1 aromatic rings. The van der Waals surface area contributed by atoms with Crippen molar-refractivity contribution < 1.29 is 9.47 Å². The molecular formula is C14H24N2O2. The van der Waals surface area contributed by atoms with Gasteiger partial charge in [-0.3, -0.25) is 0 Å². The molecule has 18 heavy (non-hydrogen) atoms. The molecule has 0 amide bonds. The highest BCUT2D eigenvalue weighted by molar-refractivity contribution is 5.68. The Balaban J connectivity index is 2.22. The third-order valence-corrected chi connectivity index (χ3v) is 2.68. The summed E-state index contributed by atoms with van der Waals surface area (Å²) in [5.41, 5.74) is 7.53. The van der Waals surface area contributed by atoms with E-state index in [1.54, 1.807) is 7.11 Å². The lowest BCUT2D eigenvalue weighted by atomic mass is 10.2. The molecule has 0 heterocycles. The highest BCUT2D eigenvalue weighted by atomic mass is 16.5. The Kier molecular flexibility index (Phi) is 7.03. The van der Waals surface area contributed by atoms with Gasteiger partial charge in [0.1, 0.15) is 5.75 Å². The number of anilines is 2. The van der Waals surface area contributed by atoms with E-state index in [1.807, 2.05) is 18.2 Å². The number of rotatable bonds is 9. The lowest BCUT2D eigenvalue weighted by molar-refractivity contribution is 0.131. The molecule has 0 atom stereocenters. The van der Waals surface area contributed by atoms with Crippen molar-refractivity contribution in [1.29, 1.82) is 0 Å². The molecule has 0 bridgehead atoms. The fraction of sp³-hybridized carbons (Fsp3) is 0.571. The molecule has 0 aliphatic rings. The van der Waals surface area contributed by atoms with E-state index in [0.29, 0.717) is 0 Å². The zero-order valence-corrected chi connectivity index (χ0v) is 11.4. The first-order valence-corrected chi connectivity index (χ1v) is 6.53. The normalized spacial score (nSPS) is 10.3. The second kappa shape index (κ2) is 8.64. The minimum absolute atomic E-state index is 0.739. The van der Waals surface area contributed by atoms with E-state index in [2.05, 4.69) is 12.2 Å². The number of benzene rings is 1. The Labute approximate surface area is 109 Å². The molecule has 0 unspecified atom stereocenters. The van der Waals surface area contributed by atoms with E-state index >= 15 is 0 Å². The van der Waals surface area contributed by atoms with Gasteiger partial charge < -0.3 is 20.5 Å². The maximum Gasteiger partial charge on any atom is 0.121 e. The van der Waals surface area contributed by atoms with E-state index in [1.165, 1.54) is 6.42 Å². The number of ether oxygens (including phenoxy) is 2. The van der Waals surface area contributed by atoms with Crippen molar-refractivity contribution in [3.8, 4) is 5.75 Å². The minimum atomic E-state index is 0.739. The molecule has 3 N–H and O–H groups in total. The molecule has 0 aliphatic carbocycles. The van der Waals surface area contributed by atoms with Gasteiger partial charge in [0, 0.05) is 25.8 Å². The number of methoxy groups -OCH3 is 1. The molecule has 0 saturated carbocycles. The summed E-state index contributed by atoms with van der Waals surface area (Å²) in [6.45, 7) is 4.66.